The third-order valence-electron chi connectivity index (χ3n) is 1.81. The molecule has 0 aliphatic rings. The first-order chi connectivity index (χ1) is 7.67. The average Bonchev–Trinajstić information content (AvgIpc) is 2.23. The summed E-state index contributed by atoms with van der Waals surface area (Å²) in [4.78, 5) is 11.3. The zero-order valence-corrected chi connectivity index (χ0v) is 9.32. The van der Waals surface area contributed by atoms with Crippen molar-refractivity contribution in [1.29, 1.82) is 0 Å². The van der Waals surface area contributed by atoms with E-state index in [1.165, 1.54) is 19.2 Å². The van der Waals surface area contributed by atoms with Crippen molar-refractivity contribution in [2.45, 2.75) is 6.92 Å². The Kier molecular flexibility index (Phi) is 4.60. The van der Waals surface area contributed by atoms with E-state index in [1.54, 1.807) is 6.07 Å². The highest BCUT2D eigenvalue weighted by atomic mass is 16.5. The molecule has 5 heteroatoms. The van der Waals surface area contributed by atoms with Gasteiger partial charge in [-0.25, -0.2) is 0 Å². The Labute approximate surface area is 94.0 Å². The maximum absolute atomic E-state index is 11.3. The first-order valence-electron chi connectivity index (χ1n) is 4.92. The van der Waals surface area contributed by atoms with E-state index in [0.717, 1.165) is 0 Å². The number of methoxy groups -OCH3 is 1. The summed E-state index contributed by atoms with van der Waals surface area (Å²) >= 11 is 0. The third kappa shape index (κ3) is 3.43. The minimum atomic E-state index is -0.269. The fourth-order valence-electron chi connectivity index (χ4n) is 1.21. The SMILES string of the molecule is CCOc1cc(O)ccc1NC(=O)COC. The quantitative estimate of drug-likeness (QED) is 0.743. The molecule has 0 aliphatic heterocycles. The number of phenolic OH excluding ortho intramolecular Hbond substituents is 1. The summed E-state index contributed by atoms with van der Waals surface area (Å²) < 4.78 is 9.98. The lowest BCUT2D eigenvalue weighted by Crippen LogP contribution is -2.17. The number of carbonyl (C=O) groups excluding carboxylic acids is 1. The second-order valence-electron chi connectivity index (χ2n) is 3.09. The van der Waals surface area contributed by atoms with E-state index >= 15 is 0 Å². The fraction of sp³-hybridized carbons (Fsp3) is 0.364. The molecule has 0 atom stereocenters. The molecule has 0 spiro atoms. The van der Waals surface area contributed by atoms with Gasteiger partial charge in [0.1, 0.15) is 18.1 Å². The minimum Gasteiger partial charge on any atom is -0.508 e. The van der Waals surface area contributed by atoms with Gasteiger partial charge in [0.25, 0.3) is 0 Å². The zero-order valence-electron chi connectivity index (χ0n) is 9.32. The van der Waals surface area contributed by atoms with Gasteiger partial charge in [0.15, 0.2) is 0 Å². The highest BCUT2D eigenvalue weighted by molar-refractivity contribution is 5.93. The molecule has 0 fully saturated rings. The van der Waals surface area contributed by atoms with E-state index in [0.29, 0.717) is 18.0 Å². The van der Waals surface area contributed by atoms with Crippen LogP contribution in [0.2, 0.25) is 0 Å². The number of carbonyl (C=O) groups is 1. The van der Waals surface area contributed by atoms with Gasteiger partial charge in [-0.2, -0.15) is 0 Å². The summed E-state index contributed by atoms with van der Waals surface area (Å²) in [6.45, 7) is 2.26. The van der Waals surface area contributed by atoms with Crippen molar-refractivity contribution in [2.24, 2.45) is 0 Å². The van der Waals surface area contributed by atoms with Crippen molar-refractivity contribution >= 4 is 11.6 Å². The largest absolute Gasteiger partial charge is 0.508 e. The predicted molar refractivity (Wildman–Crippen MR) is 59.8 cm³/mol. The molecule has 5 nitrogen and oxygen atoms in total. The number of phenols is 1. The lowest BCUT2D eigenvalue weighted by Gasteiger charge is -2.11. The van der Waals surface area contributed by atoms with Crippen LogP contribution in [0.5, 0.6) is 11.5 Å². The molecule has 1 rings (SSSR count). The van der Waals surface area contributed by atoms with E-state index < -0.39 is 0 Å². The number of ether oxygens (including phenoxy) is 2. The molecule has 2 N–H and O–H groups in total. The smallest absolute Gasteiger partial charge is 0.250 e. The van der Waals surface area contributed by atoms with Gasteiger partial charge < -0.3 is 19.9 Å². The monoisotopic (exact) mass is 225 g/mol. The molecule has 1 aromatic rings. The summed E-state index contributed by atoms with van der Waals surface area (Å²) in [6.07, 6.45) is 0. The van der Waals surface area contributed by atoms with Crippen LogP contribution in [-0.4, -0.2) is 31.3 Å². The van der Waals surface area contributed by atoms with E-state index in [1.807, 2.05) is 6.92 Å². The number of rotatable bonds is 5. The number of benzene rings is 1. The van der Waals surface area contributed by atoms with E-state index in [2.05, 4.69) is 5.32 Å². The van der Waals surface area contributed by atoms with Crippen LogP contribution in [0.4, 0.5) is 5.69 Å². The van der Waals surface area contributed by atoms with Crippen molar-refractivity contribution in [1.82, 2.24) is 0 Å². The maximum atomic E-state index is 11.3. The highest BCUT2D eigenvalue weighted by Gasteiger charge is 2.08. The van der Waals surface area contributed by atoms with Gasteiger partial charge in [0.05, 0.1) is 12.3 Å². The third-order valence-corrected chi connectivity index (χ3v) is 1.81. The highest BCUT2D eigenvalue weighted by Crippen LogP contribution is 2.28. The average molecular weight is 225 g/mol. The molecular weight excluding hydrogens is 210 g/mol. The Bertz CT molecular complexity index is 365. The standard InChI is InChI=1S/C11H15NO4/c1-3-16-10-6-8(13)4-5-9(10)12-11(14)7-15-2/h4-6,13H,3,7H2,1-2H3,(H,12,14). The number of nitrogens with one attached hydrogen (secondary N) is 1. The van der Waals surface area contributed by atoms with Gasteiger partial charge in [-0.15, -0.1) is 0 Å². The number of hydrogen-bond acceptors (Lipinski definition) is 4. The lowest BCUT2D eigenvalue weighted by molar-refractivity contribution is -0.119. The molecule has 0 unspecified atom stereocenters. The molecule has 1 aromatic carbocycles. The second-order valence-corrected chi connectivity index (χ2v) is 3.09. The van der Waals surface area contributed by atoms with Gasteiger partial charge >= 0.3 is 0 Å². The van der Waals surface area contributed by atoms with Crippen LogP contribution in [0.25, 0.3) is 0 Å². The molecule has 0 radical (unpaired) electrons. The fourth-order valence-corrected chi connectivity index (χ4v) is 1.21. The van der Waals surface area contributed by atoms with Crippen LogP contribution in [0.15, 0.2) is 18.2 Å². The zero-order chi connectivity index (χ0) is 12.0. The van der Waals surface area contributed by atoms with Gasteiger partial charge in [-0.3, -0.25) is 4.79 Å². The van der Waals surface area contributed by atoms with Gasteiger partial charge in [0.2, 0.25) is 5.91 Å². The van der Waals surface area contributed by atoms with Gasteiger partial charge in [-0.05, 0) is 19.1 Å². The molecular formula is C11H15NO4. The van der Waals surface area contributed by atoms with Crippen LogP contribution in [-0.2, 0) is 9.53 Å². The topological polar surface area (TPSA) is 67.8 Å². The maximum Gasteiger partial charge on any atom is 0.250 e. The number of amides is 1. The summed E-state index contributed by atoms with van der Waals surface area (Å²) in [5.74, 6) is 0.259. The van der Waals surface area contributed by atoms with Crippen molar-refractivity contribution < 1.29 is 19.4 Å². The molecule has 88 valence electrons. The molecule has 1 amide bonds. The number of anilines is 1. The summed E-state index contributed by atoms with van der Waals surface area (Å²) in [5.41, 5.74) is 0.515. The Morgan fingerprint density at radius 1 is 1.50 bits per heavy atom. The van der Waals surface area contributed by atoms with Crippen molar-refractivity contribution in [2.75, 3.05) is 25.6 Å². The van der Waals surface area contributed by atoms with E-state index in [9.17, 15) is 9.90 Å². The minimum absolute atomic E-state index is 0.0214. The first-order valence-corrected chi connectivity index (χ1v) is 4.92. The van der Waals surface area contributed by atoms with Gasteiger partial charge in [-0.1, -0.05) is 0 Å². The second kappa shape index (κ2) is 5.97. The summed E-state index contributed by atoms with van der Waals surface area (Å²) in [5, 5.41) is 11.9. The van der Waals surface area contributed by atoms with Crippen molar-refractivity contribution in [3.63, 3.8) is 0 Å². The van der Waals surface area contributed by atoms with Crippen LogP contribution < -0.4 is 10.1 Å². The number of hydrogen-bond donors (Lipinski definition) is 2. The Balaban J connectivity index is 2.81. The molecule has 0 saturated heterocycles. The molecule has 0 aromatic heterocycles. The molecule has 16 heavy (non-hydrogen) atoms. The van der Waals surface area contributed by atoms with Crippen LogP contribution in [0.3, 0.4) is 0 Å². The summed E-state index contributed by atoms with van der Waals surface area (Å²) in [6, 6.07) is 4.50. The summed E-state index contributed by atoms with van der Waals surface area (Å²) in [7, 11) is 1.44. The molecule has 0 bridgehead atoms. The van der Waals surface area contributed by atoms with Crippen molar-refractivity contribution in [3.8, 4) is 11.5 Å². The van der Waals surface area contributed by atoms with Gasteiger partial charge in [0, 0.05) is 13.2 Å². The lowest BCUT2D eigenvalue weighted by atomic mass is 10.2. The molecule has 0 aliphatic carbocycles. The molecule has 0 saturated carbocycles. The van der Waals surface area contributed by atoms with Crippen molar-refractivity contribution in [3.05, 3.63) is 18.2 Å². The van der Waals surface area contributed by atoms with Crippen LogP contribution >= 0.6 is 0 Å². The first kappa shape index (κ1) is 12.3. The predicted octanol–water partition coefficient (Wildman–Crippen LogP) is 1.38. The number of aromatic hydroxyl groups is 1. The molecule has 0 heterocycles. The van der Waals surface area contributed by atoms with Crippen LogP contribution in [0.1, 0.15) is 6.92 Å². The van der Waals surface area contributed by atoms with Crippen LogP contribution in [0, 0.1) is 0 Å². The normalized spacial score (nSPS) is 9.88. The Hall–Kier alpha value is -1.75. The van der Waals surface area contributed by atoms with E-state index in [4.69, 9.17) is 9.47 Å². The Morgan fingerprint density at radius 2 is 2.25 bits per heavy atom. The Morgan fingerprint density at radius 3 is 2.88 bits per heavy atom. The van der Waals surface area contributed by atoms with E-state index in [-0.39, 0.29) is 18.3 Å².